The monoisotopic (exact) mass is 440 g/mol. The predicted octanol–water partition coefficient (Wildman–Crippen LogP) is 2.17. The summed E-state index contributed by atoms with van der Waals surface area (Å²) in [5.41, 5.74) is -0.388. The number of benzene rings is 1. The van der Waals surface area contributed by atoms with Gasteiger partial charge in [0.05, 0.1) is 11.8 Å². The molecule has 3 heterocycles. The van der Waals surface area contributed by atoms with Crippen molar-refractivity contribution in [3.63, 3.8) is 0 Å². The normalized spacial score (nSPS) is 20.5. The lowest BCUT2D eigenvalue weighted by Gasteiger charge is -2.25. The van der Waals surface area contributed by atoms with E-state index in [-0.39, 0.29) is 42.3 Å². The Hall–Kier alpha value is -3.56. The number of carbonyl (C=O) groups is 1. The van der Waals surface area contributed by atoms with Crippen molar-refractivity contribution in [2.45, 2.75) is 57.5 Å². The van der Waals surface area contributed by atoms with E-state index in [0.717, 1.165) is 37.7 Å². The number of carbonyl (C=O) groups excluding carboxylic acids is 1. The quantitative estimate of drug-likeness (QED) is 0.753. The molecule has 0 bridgehead atoms. The molecule has 1 aromatic heterocycles. The van der Waals surface area contributed by atoms with Crippen LogP contribution in [0.3, 0.4) is 0 Å². The summed E-state index contributed by atoms with van der Waals surface area (Å²) in [6, 6.07) is 4.71. The molecular weight excluding hydrogens is 416 g/mol. The fraction of sp³-hybridized carbons (Fsp3) is 0.455. The molecule has 1 aromatic carbocycles. The second kappa shape index (κ2) is 7.85. The first-order valence-electron chi connectivity index (χ1n) is 10.8. The minimum absolute atomic E-state index is 0.0651. The summed E-state index contributed by atoms with van der Waals surface area (Å²) in [5.74, 6) is 0.500. The molecule has 0 radical (unpaired) electrons. The molecule has 2 N–H and O–H groups in total. The fourth-order valence-electron chi connectivity index (χ4n) is 4.81. The predicted molar refractivity (Wildman–Crippen MR) is 114 cm³/mol. The lowest BCUT2D eigenvalue weighted by molar-refractivity contribution is -0.130. The number of nitrogens with zero attached hydrogens (tertiary/aromatic N) is 3. The van der Waals surface area contributed by atoms with Crippen LogP contribution in [0.4, 0.5) is 0 Å². The number of fused-ring (bicyclic) bond motifs is 1. The average molecular weight is 440 g/mol. The highest BCUT2D eigenvalue weighted by molar-refractivity contribution is 6.04. The number of hydrazone groups is 1. The first-order valence-corrected chi connectivity index (χ1v) is 10.8. The van der Waals surface area contributed by atoms with Crippen molar-refractivity contribution < 1.29 is 19.4 Å². The molecule has 3 aliphatic rings. The molecule has 10 heteroatoms. The second-order valence-corrected chi connectivity index (χ2v) is 8.36. The second-order valence-electron chi connectivity index (χ2n) is 8.36. The third kappa shape index (κ3) is 3.35. The molecule has 1 aliphatic carbocycles. The van der Waals surface area contributed by atoms with Crippen LogP contribution in [0.1, 0.15) is 68.7 Å². The van der Waals surface area contributed by atoms with Gasteiger partial charge in [-0.05, 0) is 30.5 Å². The number of hydrogen-bond donors (Lipinski definition) is 2. The maximum absolute atomic E-state index is 12.7. The average Bonchev–Trinajstić information content (AvgIpc) is 3.41. The number of aromatic hydroxyl groups is 1. The number of amides is 1. The van der Waals surface area contributed by atoms with E-state index in [1.165, 1.54) is 16.5 Å². The lowest BCUT2D eigenvalue weighted by atomic mass is 9.95. The molecule has 10 nitrogen and oxygen atoms in total. The number of aromatic nitrogens is 2. The first-order chi connectivity index (χ1) is 15.4. The minimum atomic E-state index is -0.715. The smallest absolute Gasteiger partial charge is 0.331 e. The van der Waals surface area contributed by atoms with Gasteiger partial charge in [-0.2, -0.15) is 5.10 Å². The summed E-state index contributed by atoms with van der Waals surface area (Å²) in [6.07, 6.45) is 4.71. The van der Waals surface area contributed by atoms with Crippen LogP contribution < -0.4 is 20.7 Å². The van der Waals surface area contributed by atoms with Crippen LogP contribution in [0.5, 0.6) is 17.4 Å². The van der Waals surface area contributed by atoms with Gasteiger partial charge in [-0.25, -0.2) is 9.80 Å². The van der Waals surface area contributed by atoms with Gasteiger partial charge in [0.15, 0.2) is 11.5 Å². The third-order valence-electron chi connectivity index (χ3n) is 6.36. The number of nitrogens with one attached hydrogen (secondary N) is 1. The topological polar surface area (TPSA) is 126 Å². The zero-order valence-electron chi connectivity index (χ0n) is 17.7. The summed E-state index contributed by atoms with van der Waals surface area (Å²) < 4.78 is 12.1. The molecule has 1 fully saturated rings. The van der Waals surface area contributed by atoms with Crippen LogP contribution in [-0.4, -0.2) is 38.1 Å². The van der Waals surface area contributed by atoms with Crippen LogP contribution in [0, 0.1) is 0 Å². The van der Waals surface area contributed by atoms with Crippen molar-refractivity contribution in [2.24, 2.45) is 5.10 Å². The largest absolute Gasteiger partial charge is 0.494 e. The Labute approximate surface area is 183 Å². The molecule has 1 saturated carbocycles. The lowest BCUT2D eigenvalue weighted by Crippen LogP contribution is -2.36. The highest BCUT2D eigenvalue weighted by atomic mass is 16.7. The Morgan fingerprint density at radius 2 is 1.91 bits per heavy atom. The summed E-state index contributed by atoms with van der Waals surface area (Å²) in [6.45, 7) is 1.52. The summed E-state index contributed by atoms with van der Waals surface area (Å²) >= 11 is 0. The van der Waals surface area contributed by atoms with E-state index in [4.69, 9.17) is 9.47 Å². The van der Waals surface area contributed by atoms with E-state index in [1.54, 1.807) is 12.1 Å². The molecule has 5 rings (SSSR count). The van der Waals surface area contributed by atoms with E-state index in [0.29, 0.717) is 11.5 Å². The van der Waals surface area contributed by atoms with Crippen molar-refractivity contribution >= 4 is 11.6 Å². The zero-order valence-corrected chi connectivity index (χ0v) is 17.7. The SMILES string of the molecule is CC(=O)N1N=C(c2c(O)n(C3CCCCC3)c(=O)[nH]c2=O)C[C@@H]1c1ccc2c(c1)OCO2. The van der Waals surface area contributed by atoms with E-state index in [9.17, 15) is 19.5 Å². The molecule has 2 aromatic rings. The van der Waals surface area contributed by atoms with Gasteiger partial charge in [0.2, 0.25) is 18.6 Å². The van der Waals surface area contributed by atoms with Crippen LogP contribution in [0.25, 0.3) is 0 Å². The molecule has 2 aliphatic heterocycles. The van der Waals surface area contributed by atoms with Crippen LogP contribution in [0.2, 0.25) is 0 Å². The van der Waals surface area contributed by atoms with Crippen molar-refractivity contribution in [3.05, 3.63) is 50.2 Å². The molecule has 1 atom stereocenters. The molecule has 0 spiro atoms. The Morgan fingerprint density at radius 1 is 1.16 bits per heavy atom. The van der Waals surface area contributed by atoms with E-state index in [1.807, 2.05) is 6.07 Å². The van der Waals surface area contributed by atoms with Gasteiger partial charge in [-0.15, -0.1) is 0 Å². The van der Waals surface area contributed by atoms with Crippen LogP contribution in [0.15, 0.2) is 32.9 Å². The number of ether oxygens (including phenoxy) is 2. The zero-order chi connectivity index (χ0) is 22.4. The Bertz CT molecular complexity index is 1220. The molecule has 1 amide bonds. The number of hydrogen-bond acceptors (Lipinski definition) is 7. The maximum atomic E-state index is 12.7. The molecule has 168 valence electrons. The van der Waals surface area contributed by atoms with Gasteiger partial charge in [-0.1, -0.05) is 25.3 Å². The van der Waals surface area contributed by atoms with Gasteiger partial charge >= 0.3 is 5.69 Å². The standard InChI is InChI=1S/C22H24N4O6/c1-12(27)26-16(13-7-8-17-18(9-13)32-11-31-17)10-15(24-26)19-20(28)23-22(30)25(21(19)29)14-5-3-2-4-6-14/h7-9,14,16,29H,2-6,10-11H2,1H3,(H,23,28,30)/t16-/m1/s1. The van der Waals surface area contributed by atoms with Crippen molar-refractivity contribution in [1.82, 2.24) is 14.6 Å². The van der Waals surface area contributed by atoms with Crippen LogP contribution in [-0.2, 0) is 4.79 Å². The number of H-pyrrole nitrogens is 1. The van der Waals surface area contributed by atoms with Gasteiger partial charge in [0.1, 0.15) is 5.56 Å². The molecule has 0 unspecified atom stereocenters. The molecular formula is C22H24N4O6. The Kier molecular flexibility index (Phi) is 4.99. The van der Waals surface area contributed by atoms with Gasteiger partial charge in [0.25, 0.3) is 5.56 Å². The third-order valence-corrected chi connectivity index (χ3v) is 6.36. The van der Waals surface area contributed by atoms with Crippen LogP contribution >= 0.6 is 0 Å². The molecule has 0 saturated heterocycles. The van der Waals surface area contributed by atoms with E-state index < -0.39 is 17.3 Å². The highest BCUT2D eigenvalue weighted by Crippen LogP contribution is 2.40. The van der Waals surface area contributed by atoms with Gasteiger partial charge in [0, 0.05) is 19.4 Å². The summed E-state index contributed by atoms with van der Waals surface area (Å²) in [5, 5.41) is 16.7. The van der Waals surface area contributed by atoms with Crippen molar-refractivity contribution in [3.8, 4) is 17.4 Å². The maximum Gasteiger partial charge on any atom is 0.331 e. The first kappa shape index (κ1) is 20.3. The summed E-state index contributed by atoms with van der Waals surface area (Å²) in [7, 11) is 0. The van der Waals surface area contributed by atoms with Gasteiger partial charge < -0.3 is 14.6 Å². The minimum Gasteiger partial charge on any atom is -0.494 e. The molecule has 32 heavy (non-hydrogen) atoms. The van der Waals surface area contributed by atoms with Crippen molar-refractivity contribution in [2.75, 3.05) is 6.79 Å². The van der Waals surface area contributed by atoms with E-state index in [2.05, 4.69) is 10.1 Å². The Balaban J connectivity index is 1.55. The van der Waals surface area contributed by atoms with E-state index >= 15 is 0 Å². The highest BCUT2D eigenvalue weighted by Gasteiger charge is 2.36. The number of aromatic amines is 1. The van der Waals surface area contributed by atoms with Gasteiger partial charge in [-0.3, -0.25) is 19.1 Å². The summed E-state index contributed by atoms with van der Waals surface area (Å²) in [4.78, 5) is 39.9. The fourth-order valence-corrected chi connectivity index (χ4v) is 4.81. The van der Waals surface area contributed by atoms with Crippen molar-refractivity contribution in [1.29, 1.82) is 0 Å². The number of rotatable bonds is 3. The Morgan fingerprint density at radius 3 is 2.66 bits per heavy atom.